The Balaban J connectivity index is 2.14. The fraction of sp³-hybridized carbons (Fsp3) is 0. The van der Waals surface area contributed by atoms with E-state index in [1.54, 1.807) is 24.3 Å². The van der Waals surface area contributed by atoms with Gasteiger partial charge in [-0.05, 0) is 24.3 Å². The minimum Gasteiger partial charge on any atom is -0.478 e. The van der Waals surface area contributed by atoms with E-state index in [0.29, 0.717) is 10.6 Å². The lowest BCUT2D eigenvalue weighted by atomic mass is 10.1. The number of hydrazone groups is 1. The van der Waals surface area contributed by atoms with Gasteiger partial charge in [-0.2, -0.15) is 5.10 Å². The molecule has 112 valence electrons. The molecular weight excluding hydrogens is 327 g/mol. The Morgan fingerprint density at radius 1 is 1.09 bits per heavy atom. The highest BCUT2D eigenvalue weighted by molar-refractivity contribution is 6.35. The first kappa shape index (κ1) is 16.0. The summed E-state index contributed by atoms with van der Waals surface area (Å²) in [7, 11) is 0. The highest BCUT2D eigenvalue weighted by atomic mass is 35.5. The Hall–Kier alpha value is -2.37. The quantitative estimate of drug-likeness (QED) is 0.662. The van der Waals surface area contributed by atoms with Crippen LogP contribution in [0.2, 0.25) is 10.0 Å². The normalized spacial score (nSPS) is 10.6. The summed E-state index contributed by atoms with van der Waals surface area (Å²) in [5.41, 5.74) is 2.91. The fourth-order valence-electron chi connectivity index (χ4n) is 1.70. The molecule has 22 heavy (non-hydrogen) atoms. The second kappa shape index (κ2) is 7.06. The second-order valence-electron chi connectivity index (χ2n) is 4.22. The summed E-state index contributed by atoms with van der Waals surface area (Å²) >= 11 is 11.7. The van der Waals surface area contributed by atoms with Gasteiger partial charge < -0.3 is 5.11 Å². The van der Waals surface area contributed by atoms with Crippen LogP contribution in [0, 0.1) is 0 Å². The number of carbonyl (C=O) groups is 2. The lowest BCUT2D eigenvalue weighted by Gasteiger charge is -2.03. The molecule has 0 spiro atoms. The molecule has 7 heteroatoms. The molecule has 1 amide bonds. The van der Waals surface area contributed by atoms with Crippen molar-refractivity contribution in [3.63, 3.8) is 0 Å². The zero-order valence-electron chi connectivity index (χ0n) is 11.1. The number of amides is 1. The number of aromatic carboxylic acids is 1. The number of carbonyl (C=O) groups excluding carboxylic acids is 1. The van der Waals surface area contributed by atoms with Crippen molar-refractivity contribution in [2.24, 2.45) is 5.10 Å². The van der Waals surface area contributed by atoms with E-state index in [4.69, 9.17) is 28.3 Å². The molecule has 0 saturated heterocycles. The number of benzene rings is 2. The van der Waals surface area contributed by atoms with E-state index in [-0.39, 0.29) is 16.1 Å². The predicted molar refractivity (Wildman–Crippen MR) is 84.9 cm³/mol. The van der Waals surface area contributed by atoms with Crippen molar-refractivity contribution < 1.29 is 14.7 Å². The lowest BCUT2D eigenvalue weighted by Crippen LogP contribution is -2.18. The van der Waals surface area contributed by atoms with Gasteiger partial charge in [-0.3, -0.25) is 4.79 Å². The smallest absolute Gasteiger partial charge is 0.336 e. The van der Waals surface area contributed by atoms with Gasteiger partial charge >= 0.3 is 5.97 Å². The van der Waals surface area contributed by atoms with Crippen molar-refractivity contribution in [1.82, 2.24) is 5.43 Å². The molecule has 0 saturated carbocycles. The average molecular weight is 337 g/mol. The van der Waals surface area contributed by atoms with E-state index in [9.17, 15) is 9.59 Å². The number of nitrogens with zero attached hydrogens (tertiary/aromatic N) is 1. The molecule has 2 N–H and O–H groups in total. The molecule has 0 bridgehead atoms. The lowest BCUT2D eigenvalue weighted by molar-refractivity contribution is 0.0696. The number of carboxylic acid groups (broad SMARTS) is 1. The maximum atomic E-state index is 11.9. The number of halogens is 2. The number of rotatable bonds is 4. The van der Waals surface area contributed by atoms with Gasteiger partial charge in [0.1, 0.15) is 0 Å². The molecule has 0 fully saturated rings. The van der Waals surface area contributed by atoms with Crippen LogP contribution >= 0.6 is 23.2 Å². The van der Waals surface area contributed by atoms with Crippen LogP contribution < -0.4 is 5.43 Å². The zero-order valence-corrected chi connectivity index (χ0v) is 12.6. The van der Waals surface area contributed by atoms with Crippen molar-refractivity contribution in [1.29, 1.82) is 0 Å². The Kier molecular flexibility index (Phi) is 5.14. The van der Waals surface area contributed by atoms with Gasteiger partial charge in [-0.1, -0.05) is 41.4 Å². The average Bonchev–Trinajstić information content (AvgIpc) is 2.50. The molecule has 0 aliphatic heterocycles. The van der Waals surface area contributed by atoms with E-state index >= 15 is 0 Å². The topological polar surface area (TPSA) is 78.8 Å². The zero-order chi connectivity index (χ0) is 16.1. The van der Waals surface area contributed by atoms with Crippen LogP contribution in [0.15, 0.2) is 47.6 Å². The maximum Gasteiger partial charge on any atom is 0.336 e. The van der Waals surface area contributed by atoms with Crippen molar-refractivity contribution in [2.45, 2.75) is 0 Å². The Morgan fingerprint density at radius 3 is 2.55 bits per heavy atom. The Bertz CT molecular complexity index is 760. The van der Waals surface area contributed by atoms with E-state index in [1.807, 2.05) is 0 Å². The van der Waals surface area contributed by atoms with Crippen LogP contribution in [-0.4, -0.2) is 23.2 Å². The number of carboxylic acids is 1. The van der Waals surface area contributed by atoms with Crippen LogP contribution in [0.3, 0.4) is 0 Å². The third kappa shape index (κ3) is 3.84. The van der Waals surface area contributed by atoms with Gasteiger partial charge in [0.2, 0.25) is 0 Å². The fourth-order valence-corrected chi connectivity index (χ4v) is 2.07. The summed E-state index contributed by atoms with van der Waals surface area (Å²) in [6.07, 6.45) is 1.25. The third-order valence-corrected chi connectivity index (χ3v) is 3.30. The molecule has 0 aliphatic carbocycles. The first-order valence-corrected chi connectivity index (χ1v) is 6.85. The van der Waals surface area contributed by atoms with Gasteiger partial charge in [0.05, 0.1) is 22.4 Å². The molecule has 5 nitrogen and oxygen atoms in total. The van der Waals surface area contributed by atoms with Gasteiger partial charge in [0.15, 0.2) is 0 Å². The minimum absolute atomic E-state index is 0.0845. The summed E-state index contributed by atoms with van der Waals surface area (Å²) in [4.78, 5) is 23.0. The predicted octanol–water partition coefficient (Wildman–Crippen LogP) is 3.46. The van der Waals surface area contributed by atoms with Gasteiger partial charge in [0.25, 0.3) is 5.91 Å². The van der Waals surface area contributed by atoms with Gasteiger partial charge in [-0.15, -0.1) is 0 Å². The molecule has 2 rings (SSSR count). The summed E-state index contributed by atoms with van der Waals surface area (Å²) in [6, 6.07) is 10.8. The summed E-state index contributed by atoms with van der Waals surface area (Å²) in [5.74, 6) is -1.62. The molecule has 2 aromatic carbocycles. The van der Waals surface area contributed by atoms with Crippen molar-refractivity contribution >= 4 is 41.3 Å². The second-order valence-corrected chi connectivity index (χ2v) is 5.06. The molecule has 0 atom stereocenters. The molecular formula is C15H10Cl2N2O3. The van der Waals surface area contributed by atoms with Crippen LogP contribution in [0.4, 0.5) is 0 Å². The first-order valence-electron chi connectivity index (χ1n) is 6.10. The van der Waals surface area contributed by atoms with Crippen LogP contribution in [-0.2, 0) is 0 Å². The minimum atomic E-state index is -1.08. The van der Waals surface area contributed by atoms with E-state index in [2.05, 4.69) is 10.5 Å². The van der Waals surface area contributed by atoms with Gasteiger partial charge in [0, 0.05) is 10.6 Å². The van der Waals surface area contributed by atoms with E-state index < -0.39 is 11.9 Å². The SMILES string of the molecule is O=C(NN=Cc1ccccc1C(=O)O)c1cc(Cl)ccc1Cl. The summed E-state index contributed by atoms with van der Waals surface area (Å²) in [5, 5.41) is 13.4. The largest absolute Gasteiger partial charge is 0.478 e. The molecule has 0 heterocycles. The molecule has 0 aromatic heterocycles. The summed E-state index contributed by atoms with van der Waals surface area (Å²) in [6.45, 7) is 0. The molecule has 0 aliphatic rings. The van der Waals surface area contributed by atoms with Crippen LogP contribution in [0.25, 0.3) is 0 Å². The third-order valence-electron chi connectivity index (χ3n) is 2.73. The highest BCUT2D eigenvalue weighted by Crippen LogP contribution is 2.20. The van der Waals surface area contributed by atoms with Crippen molar-refractivity contribution in [3.05, 3.63) is 69.2 Å². The number of hydrogen-bond donors (Lipinski definition) is 2. The first-order chi connectivity index (χ1) is 10.5. The number of nitrogens with one attached hydrogen (secondary N) is 1. The summed E-state index contributed by atoms with van der Waals surface area (Å²) < 4.78 is 0. The maximum absolute atomic E-state index is 11.9. The monoisotopic (exact) mass is 336 g/mol. The molecule has 0 unspecified atom stereocenters. The molecule has 2 aromatic rings. The van der Waals surface area contributed by atoms with E-state index in [0.717, 1.165) is 0 Å². The number of hydrogen-bond acceptors (Lipinski definition) is 3. The highest BCUT2D eigenvalue weighted by Gasteiger charge is 2.10. The van der Waals surface area contributed by atoms with Gasteiger partial charge in [-0.25, -0.2) is 10.2 Å². The van der Waals surface area contributed by atoms with Crippen LogP contribution in [0.5, 0.6) is 0 Å². The Labute approximate surface area is 136 Å². The Morgan fingerprint density at radius 2 is 1.82 bits per heavy atom. The standard InChI is InChI=1S/C15H10Cl2N2O3/c16-10-5-6-13(17)12(7-10)14(20)19-18-8-9-3-1-2-4-11(9)15(21)22/h1-8H,(H,19,20)(H,21,22). The van der Waals surface area contributed by atoms with E-state index in [1.165, 1.54) is 24.4 Å². The molecule has 0 radical (unpaired) electrons. The van der Waals surface area contributed by atoms with Crippen LogP contribution in [0.1, 0.15) is 26.3 Å². The van der Waals surface area contributed by atoms with Crippen molar-refractivity contribution in [2.75, 3.05) is 0 Å². The van der Waals surface area contributed by atoms with Crippen molar-refractivity contribution in [3.8, 4) is 0 Å².